The predicted molar refractivity (Wildman–Crippen MR) is 83.2 cm³/mol. The van der Waals surface area contributed by atoms with Gasteiger partial charge in [0.05, 0.1) is 5.56 Å². The highest BCUT2D eigenvalue weighted by atomic mass is 35.5. The Morgan fingerprint density at radius 3 is 2.73 bits per heavy atom. The van der Waals surface area contributed by atoms with Crippen molar-refractivity contribution in [3.63, 3.8) is 0 Å². The molecule has 3 N–H and O–H groups in total. The Balaban J connectivity index is 0.00000441. The highest BCUT2D eigenvalue weighted by Crippen LogP contribution is 2.37. The first-order valence-electron chi connectivity index (χ1n) is 6.59. The van der Waals surface area contributed by atoms with Gasteiger partial charge in [0.1, 0.15) is 5.03 Å². The van der Waals surface area contributed by atoms with Crippen LogP contribution in [0.1, 0.15) is 36.5 Å². The molecular formula is C13H19ClF3N3OS. The molecule has 0 fully saturated rings. The zero-order chi connectivity index (χ0) is 15.9. The van der Waals surface area contributed by atoms with Gasteiger partial charge in [0.2, 0.25) is 0 Å². The molecule has 0 bridgehead atoms. The maximum absolute atomic E-state index is 12.5. The molecule has 1 aromatic rings. The van der Waals surface area contributed by atoms with Gasteiger partial charge in [-0.2, -0.15) is 13.2 Å². The largest absolute Gasteiger partial charge is 0.447 e. The number of carbonyl (C=O) groups is 1. The molecule has 0 saturated carbocycles. The van der Waals surface area contributed by atoms with Crippen LogP contribution in [0.3, 0.4) is 0 Å². The van der Waals surface area contributed by atoms with Gasteiger partial charge in [-0.25, -0.2) is 4.98 Å². The van der Waals surface area contributed by atoms with Crippen LogP contribution in [0.25, 0.3) is 0 Å². The van der Waals surface area contributed by atoms with E-state index in [-0.39, 0.29) is 35.6 Å². The van der Waals surface area contributed by atoms with Crippen LogP contribution in [-0.2, 0) is 0 Å². The van der Waals surface area contributed by atoms with E-state index in [4.69, 9.17) is 5.73 Å². The standard InChI is InChI=1S/C13H18F3N3OS.ClH/c1-2-3-5-9(8-17)19-11(20)10-6-4-7-18-12(10)21-13(14,15)16;/h4,6-7,9H,2-3,5,8,17H2,1H3,(H,19,20);1H. The number of aromatic nitrogens is 1. The summed E-state index contributed by atoms with van der Waals surface area (Å²) in [7, 11) is 0. The monoisotopic (exact) mass is 357 g/mol. The number of rotatable bonds is 7. The Bertz CT molecular complexity index is 474. The maximum atomic E-state index is 12.5. The number of thioether (sulfide) groups is 1. The van der Waals surface area contributed by atoms with E-state index in [1.807, 2.05) is 6.92 Å². The summed E-state index contributed by atoms with van der Waals surface area (Å²) in [6, 6.07) is 2.50. The van der Waals surface area contributed by atoms with E-state index < -0.39 is 23.2 Å². The number of nitrogens with zero attached hydrogens (tertiary/aromatic N) is 1. The Hall–Kier alpha value is -0.990. The second kappa shape index (κ2) is 9.91. The summed E-state index contributed by atoms with van der Waals surface area (Å²) in [5, 5.41) is 2.31. The lowest BCUT2D eigenvalue weighted by Crippen LogP contribution is -2.40. The second-order valence-corrected chi connectivity index (χ2v) is 5.51. The highest BCUT2D eigenvalue weighted by Gasteiger charge is 2.32. The molecule has 4 nitrogen and oxygen atoms in total. The molecule has 0 aliphatic carbocycles. The lowest BCUT2D eigenvalue weighted by molar-refractivity contribution is -0.0329. The minimum absolute atomic E-state index is 0. The molecule has 1 unspecified atom stereocenters. The molecule has 0 aliphatic rings. The summed E-state index contributed by atoms with van der Waals surface area (Å²) in [5.41, 5.74) is 0.989. The number of nitrogens with two attached hydrogens (primary N) is 1. The van der Waals surface area contributed by atoms with Crippen molar-refractivity contribution < 1.29 is 18.0 Å². The van der Waals surface area contributed by atoms with E-state index in [0.717, 1.165) is 12.8 Å². The molecular weight excluding hydrogens is 339 g/mol. The lowest BCUT2D eigenvalue weighted by Gasteiger charge is -2.17. The molecule has 9 heteroatoms. The number of hydrogen-bond acceptors (Lipinski definition) is 4. The predicted octanol–water partition coefficient (Wildman–Crippen LogP) is 3.36. The van der Waals surface area contributed by atoms with Gasteiger partial charge in [0.15, 0.2) is 0 Å². The van der Waals surface area contributed by atoms with Crippen molar-refractivity contribution in [2.24, 2.45) is 5.73 Å². The molecule has 1 heterocycles. The maximum Gasteiger partial charge on any atom is 0.447 e. The van der Waals surface area contributed by atoms with E-state index in [1.165, 1.54) is 18.3 Å². The normalized spacial score (nSPS) is 12.4. The summed E-state index contributed by atoms with van der Waals surface area (Å²) in [6.45, 7) is 2.25. The number of alkyl halides is 3. The van der Waals surface area contributed by atoms with Crippen LogP contribution in [0.4, 0.5) is 13.2 Å². The molecule has 0 saturated heterocycles. The zero-order valence-electron chi connectivity index (χ0n) is 12.0. The van der Waals surface area contributed by atoms with Crippen LogP contribution >= 0.6 is 24.2 Å². The number of unbranched alkanes of at least 4 members (excludes halogenated alkanes) is 1. The summed E-state index contributed by atoms with van der Waals surface area (Å²) in [6.07, 6.45) is 3.76. The van der Waals surface area contributed by atoms with Crippen molar-refractivity contribution in [2.45, 2.75) is 42.8 Å². The van der Waals surface area contributed by atoms with Crippen LogP contribution < -0.4 is 11.1 Å². The van der Waals surface area contributed by atoms with Gasteiger partial charge in [-0.05, 0) is 18.6 Å². The van der Waals surface area contributed by atoms with E-state index in [2.05, 4.69) is 10.3 Å². The van der Waals surface area contributed by atoms with Crippen molar-refractivity contribution in [1.82, 2.24) is 10.3 Å². The van der Waals surface area contributed by atoms with Crippen LogP contribution in [0, 0.1) is 0 Å². The number of hydrogen-bond donors (Lipinski definition) is 2. The Morgan fingerprint density at radius 2 is 2.18 bits per heavy atom. The third-order valence-corrected chi connectivity index (χ3v) is 3.50. The molecule has 1 rings (SSSR count). The molecule has 126 valence electrons. The average molecular weight is 358 g/mol. The Morgan fingerprint density at radius 1 is 1.50 bits per heavy atom. The number of pyridine rings is 1. The van der Waals surface area contributed by atoms with Crippen LogP contribution in [0.15, 0.2) is 23.4 Å². The smallest absolute Gasteiger partial charge is 0.348 e. The number of carbonyl (C=O) groups excluding carboxylic acids is 1. The van der Waals surface area contributed by atoms with Crippen molar-refractivity contribution >= 4 is 30.1 Å². The third kappa shape index (κ3) is 7.33. The van der Waals surface area contributed by atoms with Crippen LogP contribution in [-0.4, -0.2) is 29.0 Å². The van der Waals surface area contributed by atoms with Gasteiger partial charge in [0.25, 0.3) is 5.91 Å². The van der Waals surface area contributed by atoms with E-state index in [1.54, 1.807) is 0 Å². The fourth-order valence-corrected chi connectivity index (χ4v) is 2.32. The first-order chi connectivity index (χ1) is 9.87. The first kappa shape index (κ1) is 21.0. The molecule has 1 amide bonds. The van der Waals surface area contributed by atoms with Crippen molar-refractivity contribution in [1.29, 1.82) is 0 Å². The quantitative estimate of drug-likeness (QED) is 0.734. The van der Waals surface area contributed by atoms with Crippen molar-refractivity contribution in [3.8, 4) is 0 Å². The molecule has 0 radical (unpaired) electrons. The summed E-state index contributed by atoms with van der Waals surface area (Å²) < 4.78 is 37.4. The minimum Gasteiger partial charge on any atom is -0.348 e. The van der Waals surface area contributed by atoms with Crippen LogP contribution in [0.5, 0.6) is 0 Å². The summed E-state index contributed by atoms with van der Waals surface area (Å²) >= 11 is -0.395. The summed E-state index contributed by atoms with van der Waals surface area (Å²) in [5.74, 6) is -0.582. The van der Waals surface area contributed by atoms with E-state index in [9.17, 15) is 18.0 Å². The second-order valence-electron chi connectivity index (χ2n) is 4.45. The number of nitrogens with one attached hydrogen (secondary N) is 1. The summed E-state index contributed by atoms with van der Waals surface area (Å²) in [4.78, 5) is 15.7. The molecule has 0 spiro atoms. The third-order valence-electron chi connectivity index (χ3n) is 2.75. The van der Waals surface area contributed by atoms with E-state index in [0.29, 0.717) is 6.42 Å². The zero-order valence-corrected chi connectivity index (χ0v) is 13.7. The SMILES string of the molecule is CCCCC(CN)NC(=O)c1cccnc1SC(F)(F)F.Cl. The fourth-order valence-electron chi connectivity index (χ4n) is 1.72. The number of halogens is 4. The van der Waals surface area contributed by atoms with Gasteiger partial charge in [-0.3, -0.25) is 4.79 Å². The Kier molecular flexibility index (Phi) is 9.47. The van der Waals surface area contributed by atoms with E-state index >= 15 is 0 Å². The molecule has 1 aromatic heterocycles. The molecule has 0 aromatic carbocycles. The Labute approximate surface area is 137 Å². The van der Waals surface area contributed by atoms with Gasteiger partial charge in [0, 0.05) is 30.5 Å². The fraction of sp³-hybridized carbons (Fsp3) is 0.538. The minimum atomic E-state index is -4.49. The first-order valence-corrected chi connectivity index (χ1v) is 7.40. The molecule has 1 atom stereocenters. The lowest BCUT2D eigenvalue weighted by atomic mass is 10.1. The molecule has 0 aliphatic heterocycles. The molecule has 22 heavy (non-hydrogen) atoms. The van der Waals surface area contributed by atoms with Gasteiger partial charge in [-0.1, -0.05) is 19.8 Å². The average Bonchev–Trinajstić information content (AvgIpc) is 2.42. The van der Waals surface area contributed by atoms with Crippen molar-refractivity contribution in [2.75, 3.05) is 6.54 Å². The van der Waals surface area contributed by atoms with Gasteiger partial charge < -0.3 is 11.1 Å². The van der Waals surface area contributed by atoms with Crippen LogP contribution in [0.2, 0.25) is 0 Å². The van der Waals surface area contributed by atoms with Gasteiger partial charge >= 0.3 is 5.51 Å². The topological polar surface area (TPSA) is 68.0 Å². The van der Waals surface area contributed by atoms with Gasteiger partial charge in [-0.15, -0.1) is 12.4 Å². The van der Waals surface area contributed by atoms with Crippen molar-refractivity contribution in [3.05, 3.63) is 23.9 Å². The number of amides is 1. The highest BCUT2D eigenvalue weighted by molar-refractivity contribution is 8.00.